The molecular weight excluding hydrogens is 409 g/mol. The molecule has 1 aromatic carbocycles. The predicted octanol–water partition coefficient (Wildman–Crippen LogP) is 1.93. The second kappa shape index (κ2) is 7.95. The number of tetrazole rings is 1. The quantitative estimate of drug-likeness (QED) is 0.665. The predicted molar refractivity (Wildman–Crippen MR) is 103 cm³/mol. The molecule has 0 bridgehead atoms. The Kier molecular flexibility index (Phi) is 5.61. The van der Waals surface area contributed by atoms with Crippen molar-refractivity contribution in [3.05, 3.63) is 44.3 Å². The summed E-state index contributed by atoms with van der Waals surface area (Å²) in [5.41, 5.74) is -0.133. The summed E-state index contributed by atoms with van der Waals surface area (Å²) in [6, 6.07) is 4.67. The van der Waals surface area contributed by atoms with Crippen LogP contribution < -0.4 is 15.6 Å². The number of aryl methyl sites for hydroxylation is 2. The third kappa shape index (κ3) is 3.69. The number of hydrogen-bond donors (Lipinski definition) is 1. The van der Waals surface area contributed by atoms with Gasteiger partial charge in [0.2, 0.25) is 5.95 Å². The van der Waals surface area contributed by atoms with Gasteiger partial charge in [0.1, 0.15) is 0 Å². The molecule has 0 radical (unpaired) electrons. The lowest BCUT2D eigenvalue weighted by molar-refractivity contribution is 0.101. The van der Waals surface area contributed by atoms with Gasteiger partial charge in [-0.3, -0.25) is 14.9 Å². The number of halogens is 2. The third-order valence-corrected chi connectivity index (χ3v) is 4.30. The summed E-state index contributed by atoms with van der Waals surface area (Å²) in [5.74, 6) is -0.542. The van der Waals surface area contributed by atoms with Crippen LogP contribution in [0.25, 0.3) is 11.1 Å². The van der Waals surface area contributed by atoms with Gasteiger partial charge in [-0.15, -0.1) is 0 Å². The molecule has 2 heterocycles. The highest BCUT2D eigenvalue weighted by Gasteiger charge is 2.26. The van der Waals surface area contributed by atoms with E-state index < -0.39 is 11.5 Å². The minimum absolute atomic E-state index is 0.00227. The Labute approximate surface area is 169 Å². The van der Waals surface area contributed by atoms with Crippen molar-refractivity contribution in [1.29, 1.82) is 0 Å². The number of nitrogens with zero attached hydrogens (tertiary/aromatic N) is 6. The minimum Gasteiger partial charge on any atom is -0.490 e. The molecule has 0 saturated carbocycles. The second-order valence-electron chi connectivity index (χ2n) is 5.62. The average Bonchev–Trinajstić information content (AvgIpc) is 3.04. The summed E-state index contributed by atoms with van der Waals surface area (Å²) in [7, 11) is 2.98. The van der Waals surface area contributed by atoms with Gasteiger partial charge < -0.3 is 4.74 Å². The fourth-order valence-corrected chi connectivity index (χ4v) is 2.98. The van der Waals surface area contributed by atoms with Crippen LogP contribution in [0.2, 0.25) is 10.0 Å². The molecule has 0 aliphatic heterocycles. The van der Waals surface area contributed by atoms with Crippen LogP contribution in [0.1, 0.15) is 17.4 Å². The highest BCUT2D eigenvalue weighted by atomic mass is 35.5. The summed E-state index contributed by atoms with van der Waals surface area (Å²) < 4.78 is 7.94. The van der Waals surface area contributed by atoms with Crippen LogP contribution in [-0.2, 0) is 14.1 Å². The molecule has 0 spiro atoms. The summed E-state index contributed by atoms with van der Waals surface area (Å²) >= 11 is 12.2. The number of anilines is 1. The zero-order valence-corrected chi connectivity index (χ0v) is 16.6. The number of hydrogen-bond acceptors (Lipinski definition) is 7. The maximum atomic E-state index is 12.8. The third-order valence-electron chi connectivity index (χ3n) is 3.75. The van der Waals surface area contributed by atoms with E-state index in [1.165, 1.54) is 17.8 Å². The van der Waals surface area contributed by atoms with Gasteiger partial charge in [0, 0.05) is 24.7 Å². The summed E-state index contributed by atoms with van der Waals surface area (Å²) in [6.07, 6.45) is 0. The smallest absolute Gasteiger partial charge is 0.282 e. The van der Waals surface area contributed by atoms with Gasteiger partial charge in [-0.2, -0.15) is 5.10 Å². The van der Waals surface area contributed by atoms with Crippen LogP contribution in [0.4, 0.5) is 5.95 Å². The first-order valence-corrected chi connectivity index (χ1v) is 8.82. The molecule has 146 valence electrons. The van der Waals surface area contributed by atoms with E-state index in [4.69, 9.17) is 27.9 Å². The lowest BCUT2D eigenvalue weighted by Gasteiger charge is -2.16. The van der Waals surface area contributed by atoms with Gasteiger partial charge >= 0.3 is 0 Å². The highest BCUT2D eigenvalue weighted by Crippen LogP contribution is 2.35. The lowest BCUT2D eigenvalue weighted by Crippen LogP contribution is -2.28. The number of benzene rings is 1. The van der Waals surface area contributed by atoms with Crippen molar-refractivity contribution in [2.75, 3.05) is 11.9 Å². The van der Waals surface area contributed by atoms with E-state index in [-0.39, 0.29) is 34.6 Å². The Bertz CT molecular complexity index is 1110. The number of carbonyl (C=O) groups excluding carboxylic acids is 1. The number of rotatable bonds is 5. The Balaban J connectivity index is 2.21. The second-order valence-corrected chi connectivity index (χ2v) is 6.46. The summed E-state index contributed by atoms with van der Waals surface area (Å²) in [6.45, 7) is 1.91. The average molecular weight is 424 g/mol. The molecular formula is C16H15Cl2N7O3. The molecule has 28 heavy (non-hydrogen) atoms. The van der Waals surface area contributed by atoms with Crippen LogP contribution >= 0.6 is 23.2 Å². The minimum atomic E-state index is -0.650. The standard InChI is InChI=1S/C16H15Cl2N7O3/c1-4-28-13-11(9-6-5-8(17)7-10(9)18)15(27)24(2)21-12(13)14(26)19-16-20-22-23-25(16)3/h5-7H,4H2,1-3H3,(H,19,20,23,26). The largest absolute Gasteiger partial charge is 0.490 e. The molecule has 0 aliphatic rings. The normalized spacial score (nSPS) is 10.8. The monoisotopic (exact) mass is 423 g/mol. The van der Waals surface area contributed by atoms with Crippen LogP contribution in [0.3, 0.4) is 0 Å². The van der Waals surface area contributed by atoms with E-state index in [1.807, 2.05) is 0 Å². The van der Waals surface area contributed by atoms with E-state index in [0.717, 1.165) is 4.68 Å². The number of amides is 1. The molecule has 1 amide bonds. The van der Waals surface area contributed by atoms with Gasteiger partial charge in [0.25, 0.3) is 11.5 Å². The van der Waals surface area contributed by atoms with Gasteiger partial charge in [-0.05, 0) is 29.5 Å². The van der Waals surface area contributed by atoms with Gasteiger partial charge in [0.15, 0.2) is 11.4 Å². The van der Waals surface area contributed by atoms with E-state index in [1.54, 1.807) is 26.1 Å². The molecule has 3 aromatic rings. The van der Waals surface area contributed by atoms with Gasteiger partial charge in [0.05, 0.1) is 17.2 Å². The Morgan fingerprint density at radius 1 is 1.25 bits per heavy atom. The van der Waals surface area contributed by atoms with E-state index in [9.17, 15) is 9.59 Å². The molecule has 12 heteroatoms. The molecule has 10 nitrogen and oxygen atoms in total. The van der Waals surface area contributed by atoms with Crippen LogP contribution in [0.5, 0.6) is 5.75 Å². The lowest BCUT2D eigenvalue weighted by atomic mass is 10.1. The molecule has 0 saturated heterocycles. The maximum Gasteiger partial charge on any atom is 0.282 e. The van der Waals surface area contributed by atoms with Crippen LogP contribution in [-0.4, -0.2) is 42.5 Å². The first-order valence-electron chi connectivity index (χ1n) is 8.06. The summed E-state index contributed by atoms with van der Waals surface area (Å²) in [4.78, 5) is 25.6. The molecule has 3 rings (SSSR count). The van der Waals surface area contributed by atoms with Gasteiger partial charge in [-0.25, -0.2) is 9.36 Å². The molecule has 0 aliphatic carbocycles. The number of nitrogens with one attached hydrogen (secondary N) is 1. The SMILES string of the molecule is CCOc1c(C(=O)Nc2nnnn2C)nn(C)c(=O)c1-c1ccc(Cl)cc1Cl. The van der Waals surface area contributed by atoms with Crippen LogP contribution in [0, 0.1) is 0 Å². The molecule has 0 fully saturated rings. The van der Waals surface area contributed by atoms with E-state index in [0.29, 0.717) is 10.6 Å². The number of carbonyl (C=O) groups is 1. The Hall–Kier alpha value is -2.98. The van der Waals surface area contributed by atoms with Crippen molar-refractivity contribution in [1.82, 2.24) is 30.0 Å². The molecule has 0 unspecified atom stereocenters. The van der Waals surface area contributed by atoms with E-state index >= 15 is 0 Å². The highest BCUT2D eigenvalue weighted by molar-refractivity contribution is 6.36. The van der Waals surface area contributed by atoms with Crippen molar-refractivity contribution in [2.45, 2.75) is 6.92 Å². The number of ether oxygens (including phenoxy) is 1. The molecule has 0 atom stereocenters. The van der Waals surface area contributed by atoms with Crippen molar-refractivity contribution in [2.24, 2.45) is 14.1 Å². The zero-order chi connectivity index (χ0) is 20.4. The number of aromatic nitrogens is 6. The first kappa shape index (κ1) is 19.8. The maximum absolute atomic E-state index is 12.8. The van der Waals surface area contributed by atoms with Crippen molar-refractivity contribution in [3.8, 4) is 16.9 Å². The van der Waals surface area contributed by atoms with E-state index in [2.05, 4.69) is 25.9 Å². The fourth-order valence-electron chi connectivity index (χ4n) is 2.48. The van der Waals surface area contributed by atoms with Gasteiger partial charge in [-0.1, -0.05) is 34.4 Å². The molecule has 2 aromatic heterocycles. The Morgan fingerprint density at radius 3 is 2.61 bits per heavy atom. The van der Waals surface area contributed by atoms with Crippen LogP contribution in [0.15, 0.2) is 23.0 Å². The van der Waals surface area contributed by atoms with Crippen molar-refractivity contribution in [3.63, 3.8) is 0 Å². The summed E-state index contributed by atoms with van der Waals surface area (Å²) in [5, 5.41) is 18.0. The topological polar surface area (TPSA) is 117 Å². The van der Waals surface area contributed by atoms with Crippen molar-refractivity contribution < 1.29 is 9.53 Å². The Morgan fingerprint density at radius 2 is 2.00 bits per heavy atom. The first-order chi connectivity index (χ1) is 13.3. The molecule has 1 N–H and O–H groups in total. The zero-order valence-electron chi connectivity index (χ0n) is 15.1. The fraction of sp³-hybridized carbons (Fsp3) is 0.250. The van der Waals surface area contributed by atoms with Crippen molar-refractivity contribution >= 4 is 35.1 Å².